The minimum absolute atomic E-state index is 0.0652. The van der Waals surface area contributed by atoms with Crippen molar-refractivity contribution in [1.82, 2.24) is 0 Å². The number of anilines is 1. The van der Waals surface area contributed by atoms with Crippen molar-refractivity contribution in [2.75, 3.05) is 5.73 Å². The van der Waals surface area contributed by atoms with Crippen LogP contribution in [0.15, 0.2) is 18.2 Å². The summed E-state index contributed by atoms with van der Waals surface area (Å²) in [5.74, 6) is -1.24. The summed E-state index contributed by atoms with van der Waals surface area (Å²) in [5.41, 5.74) is 11.9. The molecule has 4 N–H and O–H groups in total. The van der Waals surface area contributed by atoms with Crippen LogP contribution >= 0.6 is 0 Å². The molecule has 0 fully saturated rings. The highest BCUT2D eigenvalue weighted by Crippen LogP contribution is 2.10. The SMILES string of the molecule is NCc1cc(N)cc(C(=O)[O-])c1. The van der Waals surface area contributed by atoms with E-state index in [1.54, 1.807) is 6.07 Å². The van der Waals surface area contributed by atoms with Gasteiger partial charge >= 0.3 is 0 Å². The van der Waals surface area contributed by atoms with Gasteiger partial charge in [-0.15, -0.1) is 0 Å². The summed E-state index contributed by atoms with van der Waals surface area (Å²) in [4.78, 5) is 10.4. The van der Waals surface area contributed by atoms with Gasteiger partial charge < -0.3 is 21.4 Å². The van der Waals surface area contributed by atoms with Gasteiger partial charge in [0.2, 0.25) is 0 Å². The van der Waals surface area contributed by atoms with Gasteiger partial charge in [-0.25, -0.2) is 0 Å². The van der Waals surface area contributed by atoms with Crippen LogP contribution in [0.5, 0.6) is 0 Å². The average molecular weight is 165 g/mol. The molecule has 12 heavy (non-hydrogen) atoms. The summed E-state index contributed by atoms with van der Waals surface area (Å²) >= 11 is 0. The van der Waals surface area contributed by atoms with Gasteiger partial charge in [-0.3, -0.25) is 0 Å². The first kappa shape index (κ1) is 8.55. The van der Waals surface area contributed by atoms with Crippen LogP contribution in [0.2, 0.25) is 0 Å². The lowest BCUT2D eigenvalue weighted by Gasteiger charge is -2.05. The number of carboxylic acid groups (broad SMARTS) is 1. The van der Waals surface area contributed by atoms with E-state index in [0.29, 0.717) is 11.3 Å². The largest absolute Gasteiger partial charge is 0.545 e. The molecule has 1 aromatic carbocycles. The molecule has 0 amide bonds. The Morgan fingerprint density at radius 3 is 2.58 bits per heavy atom. The van der Waals surface area contributed by atoms with Crippen LogP contribution in [-0.2, 0) is 6.54 Å². The van der Waals surface area contributed by atoms with Crippen LogP contribution < -0.4 is 16.6 Å². The number of nitrogens with two attached hydrogens (primary N) is 2. The maximum atomic E-state index is 10.4. The normalized spacial score (nSPS) is 9.75. The third-order valence-electron chi connectivity index (χ3n) is 1.49. The summed E-state index contributed by atoms with van der Waals surface area (Å²) in [6.45, 7) is 0.269. The molecular weight excluding hydrogens is 156 g/mol. The summed E-state index contributed by atoms with van der Waals surface area (Å²) < 4.78 is 0. The lowest BCUT2D eigenvalue weighted by Crippen LogP contribution is -2.22. The predicted octanol–water partition coefficient (Wildman–Crippen LogP) is -0.909. The standard InChI is InChI=1S/C8H10N2O2/c9-4-5-1-6(8(11)12)3-7(10)2-5/h1-3H,4,9-10H2,(H,11,12)/p-1. The number of carbonyl (C=O) groups is 1. The Labute approximate surface area is 69.8 Å². The molecule has 0 aliphatic carbocycles. The summed E-state index contributed by atoms with van der Waals surface area (Å²) in [6.07, 6.45) is 0. The van der Waals surface area contributed by atoms with E-state index in [9.17, 15) is 9.90 Å². The highest BCUT2D eigenvalue weighted by atomic mass is 16.4. The Balaban J connectivity index is 3.15. The smallest absolute Gasteiger partial charge is 0.0716 e. The van der Waals surface area contributed by atoms with Gasteiger partial charge in [-0.05, 0) is 29.3 Å². The van der Waals surface area contributed by atoms with Gasteiger partial charge in [0.05, 0.1) is 5.97 Å². The number of hydrogen-bond donors (Lipinski definition) is 2. The zero-order chi connectivity index (χ0) is 9.14. The topological polar surface area (TPSA) is 92.2 Å². The van der Waals surface area contributed by atoms with Crippen LogP contribution in [0.1, 0.15) is 15.9 Å². The Kier molecular flexibility index (Phi) is 2.30. The third-order valence-corrected chi connectivity index (χ3v) is 1.49. The van der Waals surface area contributed by atoms with Gasteiger partial charge in [-0.1, -0.05) is 0 Å². The molecule has 0 saturated carbocycles. The van der Waals surface area contributed by atoms with E-state index in [2.05, 4.69) is 0 Å². The molecule has 0 heterocycles. The second kappa shape index (κ2) is 3.23. The van der Waals surface area contributed by atoms with Gasteiger partial charge in [0.1, 0.15) is 0 Å². The van der Waals surface area contributed by atoms with E-state index in [0.717, 1.165) is 0 Å². The van der Waals surface area contributed by atoms with Crippen LogP contribution in [0.3, 0.4) is 0 Å². The van der Waals surface area contributed by atoms with Gasteiger partial charge in [0.15, 0.2) is 0 Å². The van der Waals surface area contributed by atoms with Crippen molar-refractivity contribution in [3.05, 3.63) is 29.3 Å². The van der Waals surface area contributed by atoms with Crippen LogP contribution in [0.25, 0.3) is 0 Å². The predicted molar refractivity (Wildman–Crippen MR) is 43.1 cm³/mol. The van der Waals surface area contributed by atoms with E-state index in [4.69, 9.17) is 11.5 Å². The fourth-order valence-corrected chi connectivity index (χ4v) is 0.954. The average Bonchev–Trinajstić information content (AvgIpc) is 2.03. The molecule has 0 unspecified atom stereocenters. The fourth-order valence-electron chi connectivity index (χ4n) is 0.954. The zero-order valence-corrected chi connectivity index (χ0v) is 6.41. The molecule has 0 aliphatic rings. The molecular formula is C8H9N2O2-. The molecule has 1 rings (SSSR count). The summed E-state index contributed by atoms with van der Waals surface area (Å²) in [6, 6.07) is 4.42. The highest BCUT2D eigenvalue weighted by Gasteiger charge is 1.97. The van der Waals surface area contributed by atoms with Crippen LogP contribution in [0, 0.1) is 0 Å². The third kappa shape index (κ3) is 1.73. The number of nitrogen functional groups attached to an aromatic ring is 1. The zero-order valence-electron chi connectivity index (χ0n) is 6.41. The van der Waals surface area contributed by atoms with Gasteiger partial charge in [0.25, 0.3) is 0 Å². The Morgan fingerprint density at radius 1 is 1.42 bits per heavy atom. The molecule has 0 spiro atoms. The maximum Gasteiger partial charge on any atom is 0.0716 e. The molecule has 0 radical (unpaired) electrons. The van der Waals surface area contributed by atoms with Gasteiger partial charge in [0, 0.05) is 12.2 Å². The van der Waals surface area contributed by atoms with E-state index in [-0.39, 0.29) is 12.1 Å². The fraction of sp³-hybridized carbons (Fsp3) is 0.125. The summed E-state index contributed by atoms with van der Waals surface area (Å²) in [5, 5.41) is 10.4. The molecule has 0 atom stereocenters. The van der Waals surface area contributed by atoms with Crippen molar-refractivity contribution >= 4 is 11.7 Å². The van der Waals surface area contributed by atoms with E-state index in [1.165, 1.54) is 12.1 Å². The molecule has 0 aliphatic heterocycles. The molecule has 64 valence electrons. The second-order valence-corrected chi connectivity index (χ2v) is 2.45. The maximum absolute atomic E-state index is 10.4. The highest BCUT2D eigenvalue weighted by molar-refractivity contribution is 5.87. The number of hydrogen-bond acceptors (Lipinski definition) is 4. The minimum Gasteiger partial charge on any atom is -0.545 e. The first-order valence-electron chi connectivity index (χ1n) is 3.44. The molecule has 4 heteroatoms. The first-order valence-corrected chi connectivity index (χ1v) is 3.44. The van der Waals surface area contributed by atoms with Crippen molar-refractivity contribution in [3.8, 4) is 0 Å². The van der Waals surface area contributed by atoms with E-state index in [1.807, 2.05) is 0 Å². The van der Waals surface area contributed by atoms with Crippen molar-refractivity contribution in [1.29, 1.82) is 0 Å². The molecule has 0 saturated heterocycles. The Morgan fingerprint density at radius 2 is 2.08 bits per heavy atom. The lowest BCUT2D eigenvalue weighted by atomic mass is 10.1. The van der Waals surface area contributed by atoms with Crippen molar-refractivity contribution in [3.63, 3.8) is 0 Å². The minimum atomic E-state index is -1.24. The van der Waals surface area contributed by atoms with Crippen LogP contribution in [0.4, 0.5) is 5.69 Å². The van der Waals surface area contributed by atoms with E-state index < -0.39 is 5.97 Å². The van der Waals surface area contributed by atoms with Gasteiger partial charge in [-0.2, -0.15) is 0 Å². The summed E-state index contributed by atoms with van der Waals surface area (Å²) in [7, 11) is 0. The first-order chi connectivity index (χ1) is 5.63. The number of carboxylic acids is 1. The molecule has 0 aromatic heterocycles. The van der Waals surface area contributed by atoms with Crippen molar-refractivity contribution in [2.24, 2.45) is 5.73 Å². The Bertz CT molecular complexity index is 310. The monoisotopic (exact) mass is 165 g/mol. The van der Waals surface area contributed by atoms with E-state index >= 15 is 0 Å². The molecule has 4 nitrogen and oxygen atoms in total. The van der Waals surface area contributed by atoms with Crippen molar-refractivity contribution < 1.29 is 9.90 Å². The number of benzene rings is 1. The number of carbonyl (C=O) groups excluding carboxylic acids is 1. The Hall–Kier alpha value is -1.55. The second-order valence-electron chi connectivity index (χ2n) is 2.45. The van der Waals surface area contributed by atoms with Crippen molar-refractivity contribution in [2.45, 2.75) is 6.54 Å². The molecule has 0 bridgehead atoms. The van der Waals surface area contributed by atoms with Crippen LogP contribution in [-0.4, -0.2) is 5.97 Å². The number of rotatable bonds is 2. The lowest BCUT2D eigenvalue weighted by molar-refractivity contribution is -0.255. The molecule has 1 aromatic rings. The quantitative estimate of drug-likeness (QED) is 0.555. The number of aromatic carboxylic acids is 1.